The molecule has 0 aromatic heterocycles. The Bertz CT molecular complexity index is 889. The number of nitrogens with one attached hydrogen (secondary N) is 1. The number of hydrogen-bond donors (Lipinski definition) is 1. The van der Waals surface area contributed by atoms with Crippen molar-refractivity contribution in [1.82, 2.24) is 0 Å². The van der Waals surface area contributed by atoms with E-state index in [1.54, 1.807) is 0 Å². The second-order valence-electron chi connectivity index (χ2n) is 6.83. The molecule has 1 N–H and O–H groups in total. The van der Waals surface area contributed by atoms with Crippen molar-refractivity contribution in [2.75, 3.05) is 37.5 Å². The van der Waals surface area contributed by atoms with Gasteiger partial charge in [-0.2, -0.15) is 0 Å². The third-order valence-electron chi connectivity index (χ3n) is 5.09. The predicted molar refractivity (Wildman–Crippen MR) is 109 cm³/mol. The van der Waals surface area contributed by atoms with Crippen LogP contribution in [0, 0.1) is 5.92 Å². The first-order valence-corrected chi connectivity index (χ1v) is 9.45. The second kappa shape index (κ2) is 9.23. The summed E-state index contributed by atoms with van der Waals surface area (Å²) in [5.41, 5.74) is 1.82. The molecule has 2 aromatic carbocycles. The lowest BCUT2D eigenvalue weighted by Crippen LogP contribution is -2.38. The first kappa shape index (κ1) is 20.4. The molecular weight excluding hydrogens is 372 g/mol. The number of amides is 1. The number of nitrogens with zero attached hydrogens (tertiary/aromatic N) is 1. The van der Waals surface area contributed by atoms with E-state index in [9.17, 15) is 14.4 Å². The van der Waals surface area contributed by atoms with Gasteiger partial charge in [0.25, 0.3) is 0 Å². The van der Waals surface area contributed by atoms with Crippen molar-refractivity contribution in [1.29, 1.82) is 0 Å². The molecule has 1 aliphatic rings. The molecule has 1 fully saturated rings. The largest absolute Gasteiger partial charge is 0.465 e. The highest BCUT2D eigenvalue weighted by Crippen LogP contribution is 2.26. The smallest absolute Gasteiger partial charge is 0.339 e. The zero-order valence-electron chi connectivity index (χ0n) is 16.5. The van der Waals surface area contributed by atoms with Crippen molar-refractivity contribution in [2.24, 2.45) is 5.92 Å². The molecule has 7 nitrogen and oxygen atoms in total. The molecule has 1 saturated heterocycles. The number of rotatable bonds is 5. The van der Waals surface area contributed by atoms with Gasteiger partial charge in [0.1, 0.15) is 0 Å². The average Bonchev–Trinajstić information content (AvgIpc) is 2.78. The molecule has 0 bridgehead atoms. The van der Waals surface area contributed by atoms with Crippen LogP contribution in [0.25, 0.3) is 0 Å². The molecular formula is C22H24N2O5. The minimum absolute atomic E-state index is 0.176. The van der Waals surface area contributed by atoms with E-state index in [2.05, 4.69) is 22.3 Å². The Labute approximate surface area is 169 Å². The molecule has 1 heterocycles. The van der Waals surface area contributed by atoms with Gasteiger partial charge in [-0.3, -0.25) is 4.79 Å². The van der Waals surface area contributed by atoms with E-state index in [1.807, 2.05) is 18.2 Å². The van der Waals surface area contributed by atoms with Crippen molar-refractivity contribution >= 4 is 29.2 Å². The van der Waals surface area contributed by atoms with Crippen LogP contribution in [0.2, 0.25) is 0 Å². The number of carbonyl (C=O) groups excluding carboxylic acids is 3. The van der Waals surface area contributed by atoms with Gasteiger partial charge in [-0.05, 0) is 43.2 Å². The molecule has 7 heteroatoms. The van der Waals surface area contributed by atoms with E-state index >= 15 is 0 Å². The van der Waals surface area contributed by atoms with Crippen LogP contribution in [-0.2, 0) is 14.3 Å². The Hall–Kier alpha value is -3.35. The lowest BCUT2D eigenvalue weighted by molar-refractivity contribution is -0.120. The highest BCUT2D eigenvalue weighted by molar-refractivity contribution is 6.04. The summed E-state index contributed by atoms with van der Waals surface area (Å²) in [6.45, 7) is 1.54. The van der Waals surface area contributed by atoms with Crippen molar-refractivity contribution in [3.8, 4) is 0 Å². The topological polar surface area (TPSA) is 84.9 Å². The molecule has 0 aliphatic carbocycles. The minimum atomic E-state index is -0.587. The van der Waals surface area contributed by atoms with Crippen LogP contribution in [-0.4, -0.2) is 45.2 Å². The summed E-state index contributed by atoms with van der Waals surface area (Å²) >= 11 is 0. The quantitative estimate of drug-likeness (QED) is 0.782. The molecule has 1 aliphatic heterocycles. The van der Waals surface area contributed by atoms with Crippen LogP contribution in [0.15, 0.2) is 48.5 Å². The lowest BCUT2D eigenvalue weighted by atomic mass is 9.95. The van der Waals surface area contributed by atoms with Crippen LogP contribution in [0.4, 0.5) is 11.4 Å². The summed E-state index contributed by atoms with van der Waals surface area (Å²) < 4.78 is 9.50. The third kappa shape index (κ3) is 4.74. The Morgan fingerprint density at radius 1 is 0.931 bits per heavy atom. The number of hydrogen-bond acceptors (Lipinski definition) is 6. The zero-order valence-corrected chi connectivity index (χ0v) is 16.5. The summed E-state index contributed by atoms with van der Waals surface area (Å²) in [6, 6.07) is 14.4. The predicted octanol–water partition coefficient (Wildman–Crippen LogP) is 3.11. The molecule has 2 aromatic rings. The molecule has 29 heavy (non-hydrogen) atoms. The van der Waals surface area contributed by atoms with Gasteiger partial charge in [0.05, 0.1) is 31.0 Å². The van der Waals surface area contributed by atoms with Gasteiger partial charge in [0, 0.05) is 24.7 Å². The van der Waals surface area contributed by atoms with Gasteiger partial charge < -0.3 is 19.7 Å². The summed E-state index contributed by atoms with van der Waals surface area (Å²) in [5.74, 6) is -1.49. The van der Waals surface area contributed by atoms with Crippen molar-refractivity contribution in [2.45, 2.75) is 12.8 Å². The SMILES string of the molecule is COC(=O)c1ccc(C(=O)OC)c(NC(=O)C2CCN(c3ccccc3)CC2)c1. The normalized spacial score (nSPS) is 14.2. The summed E-state index contributed by atoms with van der Waals surface area (Å²) in [4.78, 5) is 38.9. The Morgan fingerprint density at radius 3 is 2.21 bits per heavy atom. The Kier molecular flexibility index (Phi) is 6.49. The first-order chi connectivity index (χ1) is 14.0. The Morgan fingerprint density at radius 2 is 1.59 bits per heavy atom. The van der Waals surface area contributed by atoms with Gasteiger partial charge in [-0.15, -0.1) is 0 Å². The number of piperidine rings is 1. The average molecular weight is 396 g/mol. The molecule has 0 atom stereocenters. The highest BCUT2D eigenvalue weighted by Gasteiger charge is 2.26. The van der Waals surface area contributed by atoms with Gasteiger partial charge >= 0.3 is 11.9 Å². The molecule has 1 amide bonds. The summed E-state index contributed by atoms with van der Waals surface area (Å²) in [6.07, 6.45) is 1.40. The van der Waals surface area contributed by atoms with E-state index in [0.717, 1.165) is 18.8 Å². The fourth-order valence-corrected chi connectivity index (χ4v) is 3.45. The van der Waals surface area contributed by atoms with Gasteiger partial charge in [-0.1, -0.05) is 18.2 Å². The molecule has 0 radical (unpaired) electrons. The van der Waals surface area contributed by atoms with Gasteiger partial charge in [0.2, 0.25) is 5.91 Å². The fraction of sp³-hybridized carbons (Fsp3) is 0.318. The Balaban J connectivity index is 1.71. The van der Waals surface area contributed by atoms with Crippen LogP contribution >= 0.6 is 0 Å². The number of benzene rings is 2. The van der Waals surface area contributed by atoms with Crippen LogP contribution in [0.5, 0.6) is 0 Å². The summed E-state index contributed by atoms with van der Waals surface area (Å²) in [5, 5.41) is 2.80. The molecule has 152 valence electrons. The standard InChI is InChI=1S/C22H24N2O5/c1-28-21(26)16-8-9-18(22(27)29-2)19(14-16)23-20(25)15-10-12-24(13-11-15)17-6-4-3-5-7-17/h3-9,14-15H,10-13H2,1-2H3,(H,23,25). The van der Waals surface area contributed by atoms with E-state index in [-0.39, 0.29) is 28.6 Å². The van der Waals surface area contributed by atoms with Crippen LogP contribution in [0.1, 0.15) is 33.6 Å². The number of ether oxygens (including phenoxy) is 2. The molecule has 3 rings (SSSR count). The number of anilines is 2. The minimum Gasteiger partial charge on any atom is -0.465 e. The maximum atomic E-state index is 12.8. The number of para-hydroxylation sites is 1. The van der Waals surface area contributed by atoms with Crippen LogP contribution < -0.4 is 10.2 Å². The molecule has 0 saturated carbocycles. The molecule has 0 spiro atoms. The van der Waals surface area contributed by atoms with E-state index in [4.69, 9.17) is 9.47 Å². The van der Waals surface area contributed by atoms with E-state index in [1.165, 1.54) is 32.4 Å². The van der Waals surface area contributed by atoms with Crippen molar-refractivity contribution in [3.05, 3.63) is 59.7 Å². The fourth-order valence-electron chi connectivity index (χ4n) is 3.45. The number of methoxy groups -OCH3 is 2. The maximum absolute atomic E-state index is 12.8. The zero-order chi connectivity index (χ0) is 20.8. The molecule has 0 unspecified atom stereocenters. The third-order valence-corrected chi connectivity index (χ3v) is 5.09. The summed E-state index contributed by atoms with van der Waals surface area (Å²) in [7, 11) is 2.54. The number of carbonyl (C=O) groups is 3. The van der Waals surface area contributed by atoms with Crippen molar-refractivity contribution in [3.63, 3.8) is 0 Å². The van der Waals surface area contributed by atoms with Crippen molar-refractivity contribution < 1.29 is 23.9 Å². The lowest BCUT2D eigenvalue weighted by Gasteiger charge is -2.33. The van der Waals surface area contributed by atoms with E-state index in [0.29, 0.717) is 12.8 Å². The van der Waals surface area contributed by atoms with Gasteiger partial charge in [-0.25, -0.2) is 9.59 Å². The van der Waals surface area contributed by atoms with Gasteiger partial charge in [0.15, 0.2) is 0 Å². The number of esters is 2. The van der Waals surface area contributed by atoms with Crippen LogP contribution in [0.3, 0.4) is 0 Å². The first-order valence-electron chi connectivity index (χ1n) is 9.45. The van der Waals surface area contributed by atoms with E-state index < -0.39 is 11.9 Å². The monoisotopic (exact) mass is 396 g/mol. The maximum Gasteiger partial charge on any atom is 0.339 e. The highest BCUT2D eigenvalue weighted by atomic mass is 16.5. The second-order valence-corrected chi connectivity index (χ2v) is 6.83.